The summed E-state index contributed by atoms with van der Waals surface area (Å²) in [5, 5.41) is 3.49. The Morgan fingerprint density at radius 3 is 2.16 bits per heavy atom. The minimum atomic E-state index is -3.24. The number of benzene rings is 1. The van der Waals surface area contributed by atoms with Crippen molar-refractivity contribution in [3.8, 4) is 0 Å². The smallest absolute Gasteiger partial charge is 0.229 e. The second kappa shape index (κ2) is 6.28. The predicted molar refractivity (Wildman–Crippen MR) is 80.0 cm³/mol. The molecule has 4 nitrogen and oxygen atoms in total. The number of anilines is 2. The molecule has 0 heterocycles. The quantitative estimate of drug-likeness (QED) is 0.834. The zero-order valence-electron chi connectivity index (χ0n) is 11.4. The fraction of sp³-hybridized carbons (Fsp3) is 0.571. The Balaban J connectivity index is 2.10. The van der Waals surface area contributed by atoms with E-state index in [1.165, 1.54) is 31.9 Å². The molecule has 0 radical (unpaired) electrons. The molecule has 1 aliphatic rings. The maximum absolute atomic E-state index is 11.4. The molecule has 106 valence electrons. The summed E-state index contributed by atoms with van der Waals surface area (Å²) in [6.07, 6.45) is 8.61. The van der Waals surface area contributed by atoms with Gasteiger partial charge in [-0.2, -0.15) is 0 Å². The van der Waals surface area contributed by atoms with Gasteiger partial charge in [0, 0.05) is 6.04 Å². The topological polar surface area (TPSA) is 58.2 Å². The Labute approximate surface area is 115 Å². The Morgan fingerprint density at radius 1 is 1.00 bits per heavy atom. The summed E-state index contributed by atoms with van der Waals surface area (Å²) < 4.78 is 25.3. The van der Waals surface area contributed by atoms with Crippen molar-refractivity contribution in [1.29, 1.82) is 0 Å². The minimum Gasteiger partial charge on any atom is -0.381 e. The Morgan fingerprint density at radius 2 is 1.58 bits per heavy atom. The number of hydrogen-bond acceptors (Lipinski definition) is 3. The molecule has 19 heavy (non-hydrogen) atoms. The zero-order valence-corrected chi connectivity index (χ0v) is 12.2. The number of hydrogen-bond donors (Lipinski definition) is 2. The summed E-state index contributed by atoms with van der Waals surface area (Å²) in [7, 11) is -3.24. The van der Waals surface area contributed by atoms with Gasteiger partial charge in [0.15, 0.2) is 0 Å². The Bertz CT molecular complexity index is 506. The lowest BCUT2D eigenvalue weighted by molar-refractivity contribution is 0.606. The van der Waals surface area contributed by atoms with E-state index >= 15 is 0 Å². The van der Waals surface area contributed by atoms with E-state index in [9.17, 15) is 8.42 Å². The fourth-order valence-electron chi connectivity index (χ4n) is 2.54. The third kappa shape index (κ3) is 4.74. The van der Waals surface area contributed by atoms with Crippen molar-refractivity contribution in [2.45, 2.75) is 44.6 Å². The van der Waals surface area contributed by atoms with Gasteiger partial charge in [-0.25, -0.2) is 8.42 Å². The molecule has 0 atom stereocenters. The standard InChI is InChI=1S/C14H22N2O2S/c1-19(17,18)16-14-11-7-6-10-13(14)15-12-8-4-2-3-5-9-12/h6-7,10-12,15-16H,2-5,8-9H2,1H3. The highest BCUT2D eigenvalue weighted by Gasteiger charge is 2.14. The van der Waals surface area contributed by atoms with Gasteiger partial charge in [0.05, 0.1) is 17.6 Å². The summed E-state index contributed by atoms with van der Waals surface area (Å²) in [5.41, 5.74) is 1.51. The normalized spacial score (nSPS) is 17.7. The van der Waals surface area contributed by atoms with Gasteiger partial charge in [0.1, 0.15) is 0 Å². The number of sulfonamides is 1. The summed E-state index contributed by atoms with van der Waals surface area (Å²) in [5.74, 6) is 0. The molecule has 1 aliphatic carbocycles. The second-order valence-electron chi connectivity index (χ2n) is 5.25. The van der Waals surface area contributed by atoms with E-state index in [0.29, 0.717) is 11.7 Å². The average molecular weight is 282 g/mol. The third-order valence-corrected chi connectivity index (χ3v) is 4.03. The fourth-order valence-corrected chi connectivity index (χ4v) is 3.12. The van der Waals surface area contributed by atoms with Gasteiger partial charge in [-0.15, -0.1) is 0 Å². The van der Waals surface area contributed by atoms with Crippen LogP contribution >= 0.6 is 0 Å². The van der Waals surface area contributed by atoms with Crippen LogP contribution in [0.25, 0.3) is 0 Å². The van der Waals surface area contributed by atoms with Crippen molar-refractivity contribution < 1.29 is 8.42 Å². The second-order valence-corrected chi connectivity index (χ2v) is 7.00. The van der Waals surface area contributed by atoms with Crippen LogP contribution in [0.3, 0.4) is 0 Å². The van der Waals surface area contributed by atoms with Crippen LogP contribution in [0.2, 0.25) is 0 Å². The van der Waals surface area contributed by atoms with Crippen LogP contribution in [0.5, 0.6) is 0 Å². The summed E-state index contributed by atoms with van der Waals surface area (Å²) >= 11 is 0. The first-order valence-corrected chi connectivity index (χ1v) is 8.77. The SMILES string of the molecule is CS(=O)(=O)Nc1ccccc1NC1CCCCCC1. The maximum Gasteiger partial charge on any atom is 0.229 e. The van der Waals surface area contributed by atoms with Crippen molar-refractivity contribution in [1.82, 2.24) is 0 Å². The molecule has 0 amide bonds. The highest BCUT2D eigenvalue weighted by molar-refractivity contribution is 7.92. The van der Waals surface area contributed by atoms with Crippen molar-refractivity contribution in [3.63, 3.8) is 0 Å². The van der Waals surface area contributed by atoms with Crippen LogP contribution < -0.4 is 10.0 Å². The van der Waals surface area contributed by atoms with Gasteiger partial charge in [0.2, 0.25) is 10.0 Å². The highest BCUT2D eigenvalue weighted by atomic mass is 32.2. The lowest BCUT2D eigenvalue weighted by Crippen LogP contribution is -2.20. The molecule has 5 heteroatoms. The molecule has 0 spiro atoms. The van der Waals surface area contributed by atoms with Crippen molar-refractivity contribution in [2.75, 3.05) is 16.3 Å². The van der Waals surface area contributed by atoms with Gasteiger partial charge in [-0.3, -0.25) is 4.72 Å². The van der Waals surface area contributed by atoms with Gasteiger partial charge in [0.25, 0.3) is 0 Å². The Kier molecular flexibility index (Phi) is 4.69. The molecule has 2 N–H and O–H groups in total. The number of nitrogens with one attached hydrogen (secondary N) is 2. The largest absolute Gasteiger partial charge is 0.381 e. The average Bonchev–Trinajstić information content (AvgIpc) is 2.58. The van der Waals surface area contributed by atoms with E-state index in [-0.39, 0.29) is 0 Å². The molecular weight excluding hydrogens is 260 g/mol. The first-order valence-electron chi connectivity index (χ1n) is 6.88. The van der Waals surface area contributed by atoms with Crippen molar-refractivity contribution >= 4 is 21.4 Å². The molecule has 1 aromatic rings. The molecule has 0 saturated heterocycles. The van der Waals surface area contributed by atoms with Crippen molar-refractivity contribution in [3.05, 3.63) is 24.3 Å². The monoisotopic (exact) mass is 282 g/mol. The third-order valence-electron chi connectivity index (χ3n) is 3.44. The molecule has 0 aliphatic heterocycles. The molecule has 1 saturated carbocycles. The first-order chi connectivity index (χ1) is 9.04. The van der Waals surface area contributed by atoms with Crippen LogP contribution in [0.4, 0.5) is 11.4 Å². The highest BCUT2D eigenvalue weighted by Crippen LogP contribution is 2.26. The van der Waals surface area contributed by atoms with E-state index in [1.807, 2.05) is 18.2 Å². The Hall–Kier alpha value is -1.23. The van der Waals surface area contributed by atoms with Gasteiger partial charge in [-0.1, -0.05) is 37.8 Å². The van der Waals surface area contributed by atoms with Gasteiger partial charge in [-0.05, 0) is 25.0 Å². The van der Waals surface area contributed by atoms with Crippen LogP contribution in [0, 0.1) is 0 Å². The summed E-state index contributed by atoms with van der Waals surface area (Å²) in [6.45, 7) is 0. The predicted octanol–water partition coefficient (Wildman–Crippen LogP) is 3.19. The van der Waals surface area contributed by atoms with Crippen LogP contribution in [-0.2, 0) is 10.0 Å². The van der Waals surface area contributed by atoms with E-state index in [2.05, 4.69) is 10.0 Å². The molecular formula is C14H22N2O2S. The van der Waals surface area contributed by atoms with Crippen LogP contribution in [0.1, 0.15) is 38.5 Å². The minimum absolute atomic E-state index is 0.449. The molecule has 0 unspecified atom stereocenters. The van der Waals surface area contributed by atoms with Crippen molar-refractivity contribution in [2.24, 2.45) is 0 Å². The summed E-state index contributed by atoms with van der Waals surface area (Å²) in [6, 6.07) is 7.93. The van der Waals surface area contributed by atoms with Gasteiger partial charge < -0.3 is 5.32 Å². The lowest BCUT2D eigenvalue weighted by Gasteiger charge is -2.20. The molecule has 2 rings (SSSR count). The lowest BCUT2D eigenvalue weighted by atomic mass is 10.1. The number of rotatable bonds is 4. The zero-order chi connectivity index (χ0) is 13.7. The summed E-state index contributed by atoms with van der Waals surface area (Å²) in [4.78, 5) is 0. The van der Waals surface area contributed by atoms with Crippen LogP contribution in [-0.4, -0.2) is 20.7 Å². The van der Waals surface area contributed by atoms with Gasteiger partial charge >= 0.3 is 0 Å². The van der Waals surface area contributed by atoms with E-state index in [1.54, 1.807) is 6.07 Å². The molecule has 1 fully saturated rings. The van der Waals surface area contributed by atoms with E-state index < -0.39 is 10.0 Å². The first kappa shape index (κ1) is 14.2. The van der Waals surface area contributed by atoms with Crippen LogP contribution in [0.15, 0.2) is 24.3 Å². The maximum atomic E-state index is 11.4. The van der Waals surface area contributed by atoms with E-state index in [0.717, 1.165) is 18.5 Å². The molecule has 0 bridgehead atoms. The van der Waals surface area contributed by atoms with E-state index in [4.69, 9.17) is 0 Å². The number of para-hydroxylation sites is 2. The molecule has 0 aromatic heterocycles. The molecule has 1 aromatic carbocycles.